The molecule has 0 aromatic carbocycles. The number of carboxylic acid groups (broad SMARTS) is 1. The Bertz CT molecular complexity index is 332. The van der Waals surface area contributed by atoms with Crippen LogP contribution < -0.4 is 16.0 Å². The first-order valence-corrected chi connectivity index (χ1v) is 6.00. The maximum absolute atomic E-state index is 11.4. The zero-order chi connectivity index (χ0) is 13.5. The van der Waals surface area contributed by atoms with Crippen LogP contribution in [0.4, 0.5) is 4.79 Å². The zero-order valence-electron chi connectivity index (χ0n) is 10.4. The molecule has 102 valence electrons. The number of hydrogen-bond acceptors (Lipinski definition) is 3. The van der Waals surface area contributed by atoms with E-state index in [4.69, 9.17) is 5.11 Å². The quantitative estimate of drug-likeness (QED) is 0.541. The van der Waals surface area contributed by atoms with E-state index >= 15 is 0 Å². The Labute approximate surface area is 105 Å². The van der Waals surface area contributed by atoms with E-state index < -0.39 is 18.4 Å². The number of amides is 3. The van der Waals surface area contributed by atoms with Crippen molar-refractivity contribution in [1.82, 2.24) is 16.0 Å². The second-order valence-corrected chi connectivity index (χ2v) is 4.61. The lowest BCUT2D eigenvalue weighted by molar-refractivity contribution is -0.137. The van der Waals surface area contributed by atoms with Crippen LogP contribution in [0.5, 0.6) is 0 Å². The van der Waals surface area contributed by atoms with Crippen LogP contribution in [0.3, 0.4) is 0 Å². The molecular formula is C11H19N3O4. The molecule has 3 amide bonds. The number of carbonyl (C=O) groups excluding carboxylic acids is 2. The Hall–Kier alpha value is -1.79. The molecule has 7 nitrogen and oxygen atoms in total. The van der Waals surface area contributed by atoms with Gasteiger partial charge in [0.2, 0.25) is 5.91 Å². The Kier molecular flexibility index (Phi) is 5.41. The number of carbonyl (C=O) groups is 3. The first-order chi connectivity index (χ1) is 8.47. The van der Waals surface area contributed by atoms with E-state index in [1.807, 2.05) is 0 Å². The van der Waals surface area contributed by atoms with E-state index in [9.17, 15) is 14.4 Å². The third-order valence-corrected chi connectivity index (χ3v) is 2.88. The average Bonchev–Trinajstić information content (AvgIpc) is 2.69. The number of nitrogens with one attached hydrogen (secondary N) is 3. The Morgan fingerprint density at radius 1 is 1.17 bits per heavy atom. The van der Waals surface area contributed by atoms with Crippen LogP contribution in [-0.2, 0) is 9.59 Å². The van der Waals surface area contributed by atoms with E-state index in [-0.39, 0.29) is 18.6 Å². The van der Waals surface area contributed by atoms with Crippen LogP contribution in [0.2, 0.25) is 0 Å². The highest BCUT2D eigenvalue weighted by Gasteiger charge is 2.22. The topological polar surface area (TPSA) is 108 Å². The minimum atomic E-state index is -1.12. The van der Waals surface area contributed by atoms with Gasteiger partial charge in [0.1, 0.15) is 6.54 Å². The summed E-state index contributed by atoms with van der Waals surface area (Å²) in [5.74, 6) is -1.02. The lowest BCUT2D eigenvalue weighted by atomic mass is 10.1. The molecule has 0 aromatic heterocycles. The molecule has 0 saturated heterocycles. The van der Waals surface area contributed by atoms with Crippen molar-refractivity contribution in [1.29, 1.82) is 0 Å². The number of urea groups is 1. The zero-order valence-corrected chi connectivity index (χ0v) is 10.4. The van der Waals surface area contributed by atoms with Crippen LogP contribution in [0, 0.1) is 5.92 Å². The number of hydrogen-bond donors (Lipinski definition) is 4. The standard InChI is InChI=1S/C11H19N3O4/c1-7-2-3-8(4-7)14-11(18)13-5-9(15)12-6-10(16)17/h7-8H,2-6H2,1H3,(H,12,15)(H,16,17)(H2,13,14,18). The highest BCUT2D eigenvalue weighted by Crippen LogP contribution is 2.24. The molecule has 0 heterocycles. The summed E-state index contributed by atoms with van der Waals surface area (Å²) < 4.78 is 0. The first-order valence-electron chi connectivity index (χ1n) is 6.00. The summed E-state index contributed by atoms with van der Waals surface area (Å²) in [6.45, 7) is 1.47. The molecule has 0 aliphatic heterocycles. The van der Waals surface area contributed by atoms with Gasteiger partial charge in [0.05, 0.1) is 6.54 Å². The second-order valence-electron chi connectivity index (χ2n) is 4.61. The molecule has 7 heteroatoms. The Morgan fingerprint density at radius 2 is 1.89 bits per heavy atom. The molecule has 0 spiro atoms. The minimum absolute atomic E-state index is 0.169. The predicted octanol–water partition coefficient (Wildman–Crippen LogP) is -0.325. The van der Waals surface area contributed by atoms with Gasteiger partial charge in [-0.3, -0.25) is 9.59 Å². The molecule has 2 unspecified atom stereocenters. The van der Waals surface area contributed by atoms with Crippen LogP contribution in [0.25, 0.3) is 0 Å². The molecular weight excluding hydrogens is 238 g/mol. The molecule has 0 bridgehead atoms. The van der Waals surface area contributed by atoms with E-state index in [2.05, 4.69) is 22.9 Å². The maximum Gasteiger partial charge on any atom is 0.322 e. The fraction of sp³-hybridized carbons (Fsp3) is 0.727. The summed E-state index contributed by atoms with van der Waals surface area (Å²) in [7, 11) is 0. The summed E-state index contributed by atoms with van der Waals surface area (Å²) in [5, 5.41) is 15.7. The summed E-state index contributed by atoms with van der Waals surface area (Å²) in [5.41, 5.74) is 0. The van der Waals surface area contributed by atoms with Crippen molar-refractivity contribution >= 4 is 17.9 Å². The molecule has 1 aliphatic carbocycles. The maximum atomic E-state index is 11.4. The second kappa shape index (κ2) is 6.83. The highest BCUT2D eigenvalue weighted by molar-refractivity contribution is 5.86. The molecule has 2 atom stereocenters. The third kappa shape index (κ3) is 5.51. The van der Waals surface area contributed by atoms with Crippen LogP contribution in [0.1, 0.15) is 26.2 Å². The van der Waals surface area contributed by atoms with Crippen LogP contribution >= 0.6 is 0 Å². The molecule has 0 radical (unpaired) electrons. The molecule has 1 saturated carbocycles. The van der Waals surface area contributed by atoms with E-state index in [1.54, 1.807) is 0 Å². The van der Waals surface area contributed by atoms with Gasteiger partial charge in [0.25, 0.3) is 0 Å². The van der Waals surface area contributed by atoms with Crippen molar-refractivity contribution in [2.45, 2.75) is 32.2 Å². The smallest absolute Gasteiger partial charge is 0.322 e. The predicted molar refractivity (Wildman–Crippen MR) is 64.0 cm³/mol. The summed E-state index contributed by atoms with van der Waals surface area (Å²) >= 11 is 0. The molecule has 18 heavy (non-hydrogen) atoms. The average molecular weight is 257 g/mol. The normalized spacial score (nSPS) is 22.3. The lowest BCUT2D eigenvalue weighted by Crippen LogP contribution is -2.45. The van der Waals surface area contributed by atoms with Gasteiger partial charge in [-0.1, -0.05) is 6.92 Å². The molecule has 1 aliphatic rings. The van der Waals surface area contributed by atoms with Gasteiger partial charge in [0.15, 0.2) is 0 Å². The third-order valence-electron chi connectivity index (χ3n) is 2.88. The number of rotatable bonds is 5. The minimum Gasteiger partial charge on any atom is -0.480 e. The fourth-order valence-corrected chi connectivity index (χ4v) is 1.97. The Balaban J connectivity index is 2.13. The molecule has 0 aromatic rings. The van der Waals surface area contributed by atoms with Gasteiger partial charge < -0.3 is 21.1 Å². The SMILES string of the molecule is CC1CCC(NC(=O)NCC(=O)NCC(=O)O)C1. The monoisotopic (exact) mass is 257 g/mol. The molecule has 1 fully saturated rings. The van der Waals surface area contributed by atoms with Gasteiger partial charge in [0, 0.05) is 6.04 Å². The number of aliphatic carboxylic acids is 1. The van der Waals surface area contributed by atoms with Gasteiger partial charge in [-0.15, -0.1) is 0 Å². The fourth-order valence-electron chi connectivity index (χ4n) is 1.97. The highest BCUT2D eigenvalue weighted by atomic mass is 16.4. The van der Waals surface area contributed by atoms with Crippen LogP contribution in [-0.4, -0.2) is 42.1 Å². The van der Waals surface area contributed by atoms with Crippen molar-refractivity contribution in [3.05, 3.63) is 0 Å². The van der Waals surface area contributed by atoms with Crippen molar-refractivity contribution in [3.63, 3.8) is 0 Å². The van der Waals surface area contributed by atoms with Crippen LogP contribution in [0.15, 0.2) is 0 Å². The number of carboxylic acids is 1. The Morgan fingerprint density at radius 3 is 2.44 bits per heavy atom. The van der Waals surface area contributed by atoms with Crippen molar-refractivity contribution in [2.24, 2.45) is 5.92 Å². The summed E-state index contributed by atoms with van der Waals surface area (Å²) in [6.07, 6.45) is 3.02. The summed E-state index contributed by atoms with van der Waals surface area (Å²) in [4.78, 5) is 32.7. The lowest BCUT2D eigenvalue weighted by Gasteiger charge is -2.13. The summed E-state index contributed by atoms with van der Waals surface area (Å²) in [6, 6.07) is -0.221. The van der Waals surface area contributed by atoms with E-state index in [0.29, 0.717) is 5.92 Å². The molecule has 4 N–H and O–H groups in total. The van der Waals surface area contributed by atoms with Gasteiger partial charge in [-0.25, -0.2) is 4.79 Å². The van der Waals surface area contributed by atoms with Crippen molar-refractivity contribution in [3.8, 4) is 0 Å². The van der Waals surface area contributed by atoms with E-state index in [1.165, 1.54) is 0 Å². The van der Waals surface area contributed by atoms with Gasteiger partial charge >= 0.3 is 12.0 Å². The van der Waals surface area contributed by atoms with Crippen molar-refractivity contribution in [2.75, 3.05) is 13.1 Å². The van der Waals surface area contributed by atoms with Crippen molar-refractivity contribution < 1.29 is 19.5 Å². The van der Waals surface area contributed by atoms with Gasteiger partial charge in [-0.2, -0.15) is 0 Å². The molecule has 1 rings (SSSR count). The largest absolute Gasteiger partial charge is 0.480 e. The van der Waals surface area contributed by atoms with Gasteiger partial charge in [-0.05, 0) is 25.2 Å². The van der Waals surface area contributed by atoms with E-state index in [0.717, 1.165) is 19.3 Å². The first kappa shape index (κ1) is 14.3.